The molecule has 2 N–H and O–H groups in total. The number of phenolic OH excluding ortho intramolecular Hbond substituents is 2. The minimum Gasteiger partial charge on any atom is -0.505 e. The van der Waals surface area contributed by atoms with Crippen molar-refractivity contribution in [2.24, 2.45) is 5.92 Å². The van der Waals surface area contributed by atoms with Gasteiger partial charge in [-0.2, -0.15) is 0 Å². The van der Waals surface area contributed by atoms with Gasteiger partial charge in [-0.3, -0.25) is 4.79 Å². The van der Waals surface area contributed by atoms with Gasteiger partial charge >= 0.3 is 0 Å². The fraction of sp³-hybridized carbons (Fsp3) is 0.227. The lowest BCUT2D eigenvalue weighted by Gasteiger charge is -2.25. The lowest BCUT2D eigenvalue weighted by Crippen LogP contribution is -2.19. The van der Waals surface area contributed by atoms with Crippen molar-refractivity contribution in [1.29, 1.82) is 0 Å². The number of allylic oxidation sites excluding steroid dienone is 2. The van der Waals surface area contributed by atoms with E-state index in [1.165, 1.54) is 24.3 Å². The summed E-state index contributed by atoms with van der Waals surface area (Å²) in [5.41, 5.74) is 2.12. The molecule has 1 fully saturated rings. The molecule has 1 aliphatic carbocycles. The molecule has 140 valence electrons. The number of phenols is 2. The Morgan fingerprint density at radius 2 is 1.37 bits per heavy atom. The van der Waals surface area contributed by atoms with Crippen LogP contribution in [0, 0.1) is 17.6 Å². The van der Waals surface area contributed by atoms with Crippen LogP contribution in [0.25, 0.3) is 12.2 Å². The molecular formula is C22H20F2O3. The van der Waals surface area contributed by atoms with Crippen LogP contribution in [0.1, 0.15) is 37.3 Å². The average Bonchev–Trinajstić information content (AvgIpc) is 2.64. The van der Waals surface area contributed by atoms with Gasteiger partial charge < -0.3 is 10.2 Å². The highest BCUT2D eigenvalue weighted by molar-refractivity contribution is 6.14. The molecule has 0 amide bonds. The predicted molar refractivity (Wildman–Crippen MR) is 100 cm³/mol. The Labute approximate surface area is 156 Å². The molecule has 2 aromatic rings. The van der Waals surface area contributed by atoms with Crippen molar-refractivity contribution >= 4 is 17.9 Å². The van der Waals surface area contributed by atoms with Gasteiger partial charge in [0.15, 0.2) is 28.9 Å². The molecule has 0 aliphatic heterocycles. The van der Waals surface area contributed by atoms with Crippen LogP contribution in [-0.2, 0) is 4.79 Å². The van der Waals surface area contributed by atoms with Gasteiger partial charge in [-0.25, -0.2) is 8.78 Å². The normalized spacial score (nSPS) is 20.4. The Morgan fingerprint density at radius 1 is 0.926 bits per heavy atom. The molecule has 2 aromatic carbocycles. The third-order valence-electron chi connectivity index (χ3n) is 4.80. The summed E-state index contributed by atoms with van der Waals surface area (Å²) in [6.45, 7) is 2.04. The minimum absolute atomic E-state index is 0.151. The summed E-state index contributed by atoms with van der Waals surface area (Å²) in [5.74, 6) is -2.25. The first-order chi connectivity index (χ1) is 12.9. The first kappa shape index (κ1) is 18.8. The lowest BCUT2D eigenvalue weighted by molar-refractivity contribution is -0.113. The van der Waals surface area contributed by atoms with E-state index in [2.05, 4.69) is 0 Å². The molecule has 1 saturated carbocycles. The summed E-state index contributed by atoms with van der Waals surface area (Å²) >= 11 is 0. The number of benzene rings is 2. The van der Waals surface area contributed by atoms with Crippen LogP contribution >= 0.6 is 0 Å². The van der Waals surface area contributed by atoms with E-state index >= 15 is 0 Å². The summed E-state index contributed by atoms with van der Waals surface area (Å²) in [7, 11) is 0. The number of rotatable bonds is 3. The third-order valence-corrected chi connectivity index (χ3v) is 4.80. The molecule has 0 atom stereocenters. The van der Waals surface area contributed by atoms with E-state index in [4.69, 9.17) is 0 Å². The van der Waals surface area contributed by atoms with E-state index in [1.54, 1.807) is 24.3 Å². The van der Waals surface area contributed by atoms with Crippen molar-refractivity contribution in [3.05, 3.63) is 70.3 Å². The molecule has 3 nitrogen and oxygen atoms in total. The van der Waals surface area contributed by atoms with Crippen LogP contribution < -0.4 is 0 Å². The molecule has 0 bridgehead atoms. The fourth-order valence-electron chi connectivity index (χ4n) is 3.25. The molecule has 27 heavy (non-hydrogen) atoms. The number of carbonyl (C=O) groups is 1. The van der Waals surface area contributed by atoms with Gasteiger partial charge in [0.05, 0.1) is 0 Å². The minimum atomic E-state index is -0.741. The van der Waals surface area contributed by atoms with E-state index in [0.717, 1.165) is 6.42 Å². The van der Waals surface area contributed by atoms with Gasteiger partial charge in [0.25, 0.3) is 0 Å². The van der Waals surface area contributed by atoms with E-state index in [9.17, 15) is 23.8 Å². The van der Waals surface area contributed by atoms with E-state index in [-0.39, 0.29) is 11.7 Å². The molecule has 0 radical (unpaired) electrons. The highest BCUT2D eigenvalue weighted by Crippen LogP contribution is 2.34. The number of ketones is 1. The second-order valence-corrected chi connectivity index (χ2v) is 6.77. The summed E-state index contributed by atoms with van der Waals surface area (Å²) in [4.78, 5) is 12.9. The van der Waals surface area contributed by atoms with Crippen LogP contribution in [0.2, 0.25) is 0 Å². The largest absolute Gasteiger partial charge is 0.505 e. The zero-order chi connectivity index (χ0) is 19.6. The summed E-state index contributed by atoms with van der Waals surface area (Å²) in [5, 5.41) is 18.6. The quantitative estimate of drug-likeness (QED) is 0.727. The Morgan fingerprint density at radius 3 is 1.74 bits per heavy atom. The Bertz CT molecular complexity index is 871. The van der Waals surface area contributed by atoms with Crippen molar-refractivity contribution in [2.75, 3.05) is 0 Å². The highest BCUT2D eigenvalue weighted by atomic mass is 19.1. The number of halogens is 2. The highest BCUT2D eigenvalue weighted by Gasteiger charge is 2.27. The number of aromatic hydroxyl groups is 2. The van der Waals surface area contributed by atoms with Gasteiger partial charge in [0, 0.05) is 11.1 Å². The molecule has 0 spiro atoms. The van der Waals surface area contributed by atoms with Crippen LogP contribution in [0.15, 0.2) is 47.5 Å². The topological polar surface area (TPSA) is 57.5 Å². The molecule has 3 rings (SSSR count). The van der Waals surface area contributed by atoms with Crippen molar-refractivity contribution in [1.82, 2.24) is 0 Å². The summed E-state index contributed by atoms with van der Waals surface area (Å²) in [6, 6.07) is 7.97. The van der Waals surface area contributed by atoms with Crippen LogP contribution in [0.3, 0.4) is 0 Å². The maximum Gasteiger partial charge on any atom is 0.185 e. The molecule has 5 heteroatoms. The molecule has 0 heterocycles. The van der Waals surface area contributed by atoms with Gasteiger partial charge in [-0.1, -0.05) is 25.5 Å². The summed E-state index contributed by atoms with van der Waals surface area (Å²) < 4.78 is 27.2. The predicted octanol–water partition coefficient (Wildman–Crippen LogP) is 5.23. The number of hydrogen-bond acceptors (Lipinski definition) is 3. The third kappa shape index (κ3) is 4.25. The Kier molecular flexibility index (Phi) is 5.40. The van der Waals surface area contributed by atoms with Crippen LogP contribution in [0.5, 0.6) is 11.5 Å². The number of Topliss-reactive ketones (excluding diaryl/α,β-unsaturated/α-hetero) is 1. The van der Waals surface area contributed by atoms with Crippen molar-refractivity contribution in [3.8, 4) is 11.5 Å². The average molecular weight is 370 g/mol. The number of carbonyl (C=O) groups excluding carboxylic acids is 1. The Balaban J connectivity index is 1.97. The second-order valence-electron chi connectivity index (χ2n) is 6.77. The van der Waals surface area contributed by atoms with Crippen molar-refractivity contribution < 1.29 is 23.8 Å². The molecule has 0 unspecified atom stereocenters. The number of hydrogen-bond donors (Lipinski definition) is 2. The molecule has 0 saturated heterocycles. The Hall–Kier alpha value is -2.95. The second kappa shape index (κ2) is 7.74. The van der Waals surface area contributed by atoms with Gasteiger partial charge in [-0.05, 0) is 66.3 Å². The van der Waals surface area contributed by atoms with Crippen molar-refractivity contribution in [2.45, 2.75) is 26.2 Å². The monoisotopic (exact) mass is 370 g/mol. The van der Waals surface area contributed by atoms with Gasteiger partial charge in [-0.15, -0.1) is 0 Å². The zero-order valence-electron chi connectivity index (χ0n) is 14.9. The zero-order valence-corrected chi connectivity index (χ0v) is 14.9. The smallest absolute Gasteiger partial charge is 0.185 e. The first-order valence-corrected chi connectivity index (χ1v) is 8.80. The van der Waals surface area contributed by atoms with Crippen LogP contribution in [0.4, 0.5) is 8.78 Å². The first-order valence-electron chi connectivity index (χ1n) is 8.80. The van der Waals surface area contributed by atoms with Crippen LogP contribution in [-0.4, -0.2) is 16.0 Å². The van der Waals surface area contributed by atoms with E-state index in [1.807, 2.05) is 6.92 Å². The lowest BCUT2D eigenvalue weighted by atomic mass is 9.78. The van der Waals surface area contributed by atoms with E-state index < -0.39 is 23.1 Å². The maximum absolute atomic E-state index is 13.6. The SMILES string of the molecule is CCC1CC(=Cc2ccc(O)c(F)c2)C(=O)C(=Cc2ccc(O)c(F)c2)C1. The summed E-state index contributed by atoms with van der Waals surface area (Å²) in [6.07, 6.45) is 5.31. The van der Waals surface area contributed by atoms with Gasteiger partial charge in [0.1, 0.15) is 0 Å². The standard InChI is InChI=1S/C22H20F2O3/c1-2-13-7-16(9-14-3-5-20(25)18(23)11-14)22(27)17(8-13)10-15-4-6-21(26)19(24)12-15/h3-6,9-13,25-26H,2,7-8H2,1H3. The molecule has 0 aromatic heterocycles. The molecular weight excluding hydrogens is 350 g/mol. The van der Waals surface area contributed by atoms with E-state index in [0.29, 0.717) is 35.1 Å². The molecule has 1 aliphatic rings. The maximum atomic E-state index is 13.6. The fourth-order valence-corrected chi connectivity index (χ4v) is 3.25. The van der Waals surface area contributed by atoms with Crippen molar-refractivity contribution in [3.63, 3.8) is 0 Å². The van der Waals surface area contributed by atoms with Gasteiger partial charge in [0.2, 0.25) is 0 Å².